The first-order chi connectivity index (χ1) is 10.6. The van der Waals surface area contributed by atoms with Gasteiger partial charge in [-0.25, -0.2) is 14.2 Å². The van der Waals surface area contributed by atoms with Crippen LogP contribution in [0.5, 0.6) is 11.5 Å². The van der Waals surface area contributed by atoms with E-state index in [-0.39, 0.29) is 11.3 Å². The molecule has 22 heavy (non-hydrogen) atoms. The molecule has 0 amide bonds. The highest BCUT2D eigenvalue weighted by Crippen LogP contribution is 2.32. The van der Waals surface area contributed by atoms with Crippen LogP contribution in [0.3, 0.4) is 0 Å². The van der Waals surface area contributed by atoms with Gasteiger partial charge in [-0.15, -0.1) is 0 Å². The third-order valence-electron chi connectivity index (χ3n) is 3.01. The van der Waals surface area contributed by atoms with E-state index in [9.17, 15) is 9.18 Å². The Kier molecular flexibility index (Phi) is 3.81. The van der Waals surface area contributed by atoms with Crippen molar-refractivity contribution >= 4 is 32.9 Å². The van der Waals surface area contributed by atoms with Crippen molar-refractivity contribution in [1.29, 1.82) is 0 Å². The largest absolute Gasteiger partial charge is 0.465 e. The Balaban J connectivity index is 2.05. The molecule has 1 aromatic carbocycles. The van der Waals surface area contributed by atoms with E-state index >= 15 is 0 Å². The second-order valence-electron chi connectivity index (χ2n) is 4.44. The number of hydrogen-bond acceptors (Lipinski definition) is 4. The number of hydrogen-bond donors (Lipinski definition) is 1. The Morgan fingerprint density at radius 3 is 2.95 bits per heavy atom. The summed E-state index contributed by atoms with van der Waals surface area (Å²) in [6, 6.07) is 6.24. The first kappa shape index (κ1) is 14.5. The number of carbonyl (C=O) groups excluding carboxylic acids is 1. The topological polar surface area (TPSA) is 64.2 Å². The number of rotatable bonds is 3. The van der Waals surface area contributed by atoms with Crippen molar-refractivity contribution in [3.05, 3.63) is 52.5 Å². The van der Waals surface area contributed by atoms with Crippen LogP contribution in [-0.2, 0) is 4.74 Å². The van der Waals surface area contributed by atoms with Gasteiger partial charge in [-0.05, 0) is 24.3 Å². The highest BCUT2D eigenvalue weighted by Gasteiger charge is 2.20. The molecule has 0 aliphatic carbocycles. The van der Waals surface area contributed by atoms with E-state index in [1.807, 2.05) is 6.07 Å². The van der Waals surface area contributed by atoms with Gasteiger partial charge in [-0.1, -0.05) is 15.9 Å². The fraction of sp³-hybridized carbons (Fsp3) is 0.0667. The molecule has 0 radical (unpaired) electrons. The molecule has 0 atom stereocenters. The molecule has 1 N–H and O–H groups in total. The summed E-state index contributed by atoms with van der Waals surface area (Å²) in [5, 5.41) is 0.840. The molecule has 0 bridgehead atoms. The molecule has 2 aromatic heterocycles. The van der Waals surface area contributed by atoms with Crippen LogP contribution in [0, 0.1) is 5.82 Å². The number of esters is 1. The minimum atomic E-state index is -0.810. The molecular formula is C15H10BrFN2O3. The molecule has 0 aliphatic heterocycles. The standard InChI is InChI=1S/C15H10BrFN2O3/c1-21-15(20)13-11(17)5-9(16)6-12(13)22-10-4-8-2-3-18-14(8)19-7-10/h2-7H,1H3,(H,18,19). The van der Waals surface area contributed by atoms with Crippen LogP contribution in [0.4, 0.5) is 4.39 Å². The molecule has 3 aromatic rings. The van der Waals surface area contributed by atoms with E-state index < -0.39 is 11.8 Å². The number of benzene rings is 1. The van der Waals surface area contributed by atoms with E-state index in [1.54, 1.807) is 12.3 Å². The molecule has 3 rings (SSSR count). The van der Waals surface area contributed by atoms with Gasteiger partial charge in [-0.2, -0.15) is 0 Å². The van der Waals surface area contributed by atoms with Crippen molar-refractivity contribution in [2.75, 3.05) is 7.11 Å². The number of nitrogens with zero attached hydrogens (tertiary/aromatic N) is 1. The summed E-state index contributed by atoms with van der Waals surface area (Å²) in [6.45, 7) is 0. The van der Waals surface area contributed by atoms with Gasteiger partial charge in [0.2, 0.25) is 0 Å². The third-order valence-corrected chi connectivity index (χ3v) is 3.47. The number of H-pyrrole nitrogens is 1. The maximum atomic E-state index is 14.0. The van der Waals surface area contributed by atoms with Crippen molar-refractivity contribution in [1.82, 2.24) is 9.97 Å². The molecule has 0 spiro atoms. The van der Waals surface area contributed by atoms with Crippen molar-refractivity contribution < 1.29 is 18.7 Å². The number of methoxy groups -OCH3 is 1. The second kappa shape index (κ2) is 5.76. The predicted octanol–water partition coefficient (Wildman–Crippen LogP) is 4.04. The average Bonchev–Trinajstić information content (AvgIpc) is 2.93. The fourth-order valence-electron chi connectivity index (χ4n) is 2.03. The zero-order valence-corrected chi connectivity index (χ0v) is 13.0. The maximum Gasteiger partial charge on any atom is 0.344 e. The van der Waals surface area contributed by atoms with Gasteiger partial charge >= 0.3 is 5.97 Å². The molecule has 2 heterocycles. The number of pyridine rings is 1. The summed E-state index contributed by atoms with van der Waals surface area (Å²) < 4.78 is 24.7. The van der Waals surface area contributed by atoms with Crippen LogP contribution in [0.2, 0.25) is 0 Å². The van der Waals surface area contributed by atoms with E-state index in [2.05, 4.69) is 30.6 Å². The maximum absolute atomic E-state index is 14.0. The quantitative estimate of drug-likeness (QED) is 0.712. The zero-order valence-electron chi connectivity index (χ0n) is 11.4. The number of nitrogens with one attached hydrogen (secondary N) is 1. The van der Waals surface area contributed by atoms with Crippen molar-refractivity contribution in [3.8, 4) is 11.5 Å². The molecule has 112 valence electrons. The molecule has 0 aliphatic rings. The van der Waals surface area contributed by atoms with Crippen molar-refractivity contribution in [3.63, 3.8) is 0 Å². The van der Waals surface area contributed by atoms with Crippen LogP contribution in [0.1, 0.15) is 10.4 Å². The van der Waals surface area contributed by atoms with E-state index in [4.69, 9.17) is 4.74 Å². The van der Waals surface area contributed by atoms with Gasteiger partial charge in [0.15, 0.2) is 0 Å². The predicted molar refractivity (Wildman–Crippen MR) is 81.6 cm³/mol. The summed E-state index contributed by atoms with van der Waals surface area (Å²) in [4.78, 5) is 18.9. The number of fused-ring (bicyclic) bond motifs is 1. The van der Waals surface area contributed by atoms with Crippen molar-refractivity contribution in [2.45, 2.75) is 0 Å². The Bertz CT molecular complexity index is 863. The number of halogens is 2. The molecule has 0 fully saturated rings. The lowest BCUT2D eigenvalue weighted by atomic mass is 10.2. The number of aromatic nitrogens is 2. The molecule has 0 unspecified atom stereocenters. The molecule has 7 heteroatoms. The van der Waals surface area contributed by atoms with Crippen LogP contribution < -0.4 is 4.74 Å². The van der Waals surface area contributed by atoms with Crippen LogP contribution in [0.25, 0.3) is 11.0 Å². The first-order valence-corrected chi connectivity index (χ1v) is 7.06. The molecule has 0 saturated carbocycles. The lowest BCUT2D eigenvalue weighted by Crippen LogP contribution is -2.07. The SMILES string of the molecule is COC(=O)c1c(F)cc(Br)cc1Oc1cnc2[nH]ccc2c1. The Hall–Kier alpha value is -2.41. The first-order valence-electron chi connectivity index (χ1n) is 6.27. The lowest BCUT2D eigenvalue weighted by molar-refractivity contribution is 0.0592. The smallest absolute Gasteiger partial charge is 0.344 e. The van der Waals surface area contributed by atoms with Crippen LogP contribution in [-0.4, -0.2) is 23.0 Å². The summed E-state index contributed by atoms with van der Waals surface area (Å²) >= 11 is 3.17. The zero-order chi connectivity index (χ0) is 15.7. The number of carbonyl (C=O) groups is 1. The summed E-state index contributed by atoms with van der Waals surface area (Å²) in [6.07, 6.45) is 3.23. The van der Waals surface area contributed by atoms with E-state index in [0.717, 1.165) is 5.39 Å². The Labute approximate surface area is 133 Å². The van der Waals surface area contributed by atoms with Gasteiger partial charge in [-0.3, -0.25) is 0 Å². The molecule has 5 nitrogen and oxygen atoms in total. The van der Waals surface area contributed by atoms with E-state index in [0.29, 0.717) is 15.9 Å². The summed E-state index contributed by atoms with van der Waals surface area (Å²) in [5.74, 6) is -1.10. The normalized spacial score (nSPS) is 10.7. The monoisotopic (exact) mass is 364 g/mol. The van der Waals surface area contributed by atoms with Crippen LogP contribution in [0.15, 0.2) is 41.1 Å². The highest BCUT2D eigenvalue weighted by atomic mass is 79.9. The van der Waals surface area contributed by atoms with Gasteiger partial charge in [0.1, 0.15) is 28.5 Å². The third kappa shape index (κ3) is 2.67. The average molecular weight is 365 g/mol. The Morgan fingerprint density at radius 1 is 1.36 bits per heavy atom. The van der Waals surface area contributed by atoms with Gasteiger partial charge in [0.05, 0.1) is 13.3 Å². The van der Waals surface area contributed by atoms with E-state index in [1.165, 1.54) is 25.4 Å². The summed E-state index contributed by atoms with van der Waals surface area (Å²) in [5.41, 5.74) is 0.445. The van der Waals surface area contributed by atoms with Crippen LogP contribution >= 0.6 is 15.9 Å². The minimum absolute atomic E-state index is 0.0513. The summed E-state index contributed by atoms with van der Waals surface area (Å²) in [7, 11) is 1.18. The van der Waals surface area contributed by atoms with Gasteiger partial charge in [0.25, 0.3) is 0 Å². The fourth-order valence-corrected chi connectivity index (χ4v) is 2.44. The van der Waals surface area contributed by atoms with Gasteiger partial charge in [0, 0.05) is 16.1 Å². The van der Waals surface area contributed by atoms with Crippen molar-refractivity contribution in [2.24, 2.45) is 0 Å². The van der Waals surface area contributed by atoms with Gasteiger partial charge < -0.3 is 14.5 Å². The Morgan fingerprint density at radius 2 is 2.18 bits per heavy atom. The number of aromatic amines is 1. The lowest BCUT2D eigenvalue weighted by Gasteiger charge is -2.11. The second-order valence-corrected chi connectivity index (χ2v) is 5.36. The molecule has 0 saturated heterocycles. The highest BCUT2D eigenvalue weighted by molar-refractivity contribution is 9.10. The number of ether oxygens (including phenoxy) is 2. The molecular weight excluding hydrogens is 355 g/mol. The minimum Gasteiger partial charge on any atom is -0.465 e.